The van der Waals surface area contributed by atoms with E-state index in [0.717, 1.165) is 8.61 Å². The quantitative estimate of drug-likeness (QED) is 0.347. The van der Waals surface area contributed by atoms with Gasteiger partial charge < -0.3 is 19.5 Å². The fourth-order valence-corrected chi connectivity index (χ4v) is 6.37. The molecule has 1 N–H and O–H groups in total. The van der Waals surface area contributed by atoms with E-state index in [1.165, 1.54) is 81.9 Å². The highest BCUT2D eigenvalue weighted by Gasteiger charge is 2.37. The van der Waals surface area contributed by atoms with Crippen molar-refractivity contribution in [1.29, 1.82) is 0 Å². The highest BCUT2D eigenvalue weighted by atomic mass is 35.5. The summed E-state index contributed by atoms with van der Waals surface area (Å²) in [6.45, 7) is -0.107. The molecule has 0 bridgehead atoms. The molecule has 1 aliphatic heterocycles. The number of nitrogens with zero attached hydrogens (tertiary/aromatic N) is 2. The second kappa shape index (κ2) is 11.9. The zero-order valence-electron chi connectivity index (χ0n) is 21.9. The average molecular weight is 610 g/mol. The summed E-state index contributed by atoms with van der Waals surface area (Å²) in [4.78, 5) is 13.1. The van der Waals surface area contributed by atoms with E-state index >= 15 is 0 Å². The van der Waals surface area contributed by atoms with E-state index in [1.807, 2.05) is 0 Å². The van der Waals surface area contributed by atoms with Gasteiger partial charge in [0.15, 0.2) is 6.10 Å². The number of ether oxygens (including phenoxy) is 3. The number of halogens is 1. The van der Waals surface area contributed by atoms with Crippen molar-refractivity contribution in [3.05, 3.63) is 71.8 Å². The third-order valence-electron chi connectivity index (χ3n) is 6.00. The van der Waals surface area contributed by atoms with Crippen LogP contribution in [0.4, 0.5) is 5.69 Å². The van der Waals surface area contributed by atoms with Gasteiger partial charge >= 0.3 is 0 Å². The van der Waals surface area contributed by atoms with Gasteiger partial charge in [-0.15, -0.1) is 0 Å². The summed E-state index contributed by atoms with van der Waals surface area (Å²) in [5.41, 5.74) is 0.218. The van der Waals surface area contributed by atoms with Gasteiger partial charge in [0.2, 0.25) is 10.0 Å². The third kappa shape index (κ3) is 6.28. The monoisotopic (exact) mass is 609 g/mol. The predicted molar refractivity (Wildman–Crippen MR) is 149 cm³/mol. The Hall–Kier alpha value is -3.52. The number of anilines is 1. The lowest BCUT2D eigenvalue weighted by Crippen LogP contribution is -2.51. The molecule has 11 nitrogen and oxygen atoms in total. The number of hydrogen-bond donors (Lipinski definition) is 1. The number of carbonyl (C=O) groups is 1. The van der Waals surface area contributed by atoms with Crippen molar-refractivity contribution in [1.82, 2.24) is 9.62 Å². The average Bonchev–Trinajstić information content (AvgIpc) is 2.94. The predicted octanol–water partition coefficient (Wildman–Crippen LogP) is 2.75. The fourth-order valence-electron chi connectivity index (χ4n) is 3.84. The number of sulfonamides is 2. The first-order valence-corrected chi connectivity index (χ1v) is 15.3. The Labute approximate surface area is 238 Å². The molecule has 1 atom stereocenters. The molecule has 214 valence electrons. The van der Waals surface area contributed by atoms with Crippen molar-refractivity contribution >= 4 is 43.2 Å². The largest absolute Gasteiger partial charge is 0.497 e. The molecule has 0 saturated carbocycles. The van der Waals surface area contributed by atoms with Crippen LogP contribution in [0.25, 0.3) is 0 Å². The van der Waals surface area contributed by atoms with Crippen LogP contribution in [-0.2, 0) is 24.8 Å². The molecule has 14 heteroatoms. The number of methoxy groups -OCH3 is 1. The molecule has 0 radical (unpaired) electrons. The van der Waals surface area contributed by atoms with Gasteiger partial charge in [-0.1, -0.05) is 11.6 Å². The van der Waals surface area contributed by atoms with Crippen molar-refractivity contribution in [2.45, 2.75) is 15.9 Å². The van der Waals surface area contributed by atoms with E-state index in [9.17, 15) is 21.6 Å². The number of nitrogens with one attached hydrogen (secondary N) is 1. The van der Waals surface area contributed by atoms with Crippen LogP contribution >= 0.6 is 11.6 Å². The Balaban J connectivity index is 1.42. The van der Waals surface area contributed by atoms with Crippen molar-refractivity contribution < 1.29 is 35.8 Å². The van der Waals surface area contributed by atoms with Crippen molar-refractivity contribution in [3.63, 3.8) is 0 Å². The van der Waals surface area contributed by atoms with Crippen LogP contribution in [0.15, 0.2) is 76.5 Å². The van der Waals surface area contributed by atoms with Crippen LogP contribution in [-0.4, -0.2) is 74.1 Å². The van der Waals surface area contributed by atoms with E-state index in [0.29, 0.717) is 16.5 Å². The molecule has 4 rings (SSSR count). The van der Waals surface area contributed by atoms with Crippen LogP contribution in [0.3, 0.4) is 0 Å². The van der Waals surface area contributed by atoms with Crippen LogP contribution in [0.5, 0.6) is 17.2 Å². The van der Waals surface area contributed by atoms with Crippen molar-refractivity contribution in [3.8, 4) is 17.2 Å². The van der Waals surface area contributed by atoms with Crippen molar-refractivity contribution in [2.24, 2.45) is 0 Å². The Morgan fingerprint density at radius 3 is 2.25 bits per heavy atom. The molecule has 3 aromatic rings. The molecular weight excluding hydrogens is 582 g/mol. The molecule has 0 aromatic heterocycles. The number of amides is 1. The summed E-state index contributed by atoms with van der Waals surface area (Å²) >= 11 is 6.14. The first-order valence-electron chi connectivity index (χ1n) is 12.0. The van der Waals surface area contributed by atoms with Gasteiger partial charge in [-0.3, -0.25) is 9.10 Å². The summed E-state index contributed by atoms with van der Waals surface area (Å²) < 4.78 is 70.3. The highest BCUT2D eigenvalue weighted by Crippen LogP contribution is 2.39. The molecule has 0 fully saturated rings. The van der Waals surface area contributed by atoms with Gasteiger partial charge in [-0.05, 0) is 66.7 Å². The molecule has 0 spiro atoms. The van der Waals surface area contributed by atoms with E-state index in [1.54, 1.807) is 6.07 Å². The van der Waals surface area contributed by atoms with Crippen LogP contribution < -0.4 is 23.8 Å². The Morgan fingerprint density at radius 2 is 1.62 bits per heavy atom. The summed E-state index contributed by atoms with van der Waals surface area (Å²) in [5.74, 6) is 0.574. The van der Waals surface area contributed by atoms with E-state index < -0.39 is 32.1 Å². The van der Waals surface area contributed by atoms with E-state index in [4.69, 9.17) is 25.8 Å². The maximum Gasteiger partial charge on any atom is 0.264 e. The first kappa shape index (κ1) is 29.5. The molecule has 0 saturated heterocycles. The van der Waals surface area contributed by atoms with Gasteiger partial charge in [-0.25, -0.2) is 21.1 Å². The third-order valence-corrected chi connectivity index (χ3v) is 9.86. The summed E-state index contributed by atoms with van der Waals surface area (Å²) in [5, 5.41) is 3.00. The summed E-state index contributed by atoms with van der Waals surface area (Å²) in [6.07, 6.45) is -1.14. The lowest BCUT2D eigenvalue weighted by Gasteiger charge is -2.34. The topological polar surface area (TPSA) is 132 Å². The van der Waals surface area contributed by atoms with E-state index in [2.05, 4.69) is 5.32 Å². The van der Waals surface area contributed by atoms with Gasteiger partial charge in [0.1, 0.15) is 23.9 Å². The van der Waals surface area contributed by atoms with Gasteiger partial charge in [0.25, 0.3) is 15.9 Å². The fraction of sp³-hybridized carbons (Fsp3) is 0.269. The maximum atomic E-state index is 13.6. The standard InChI is InChI=1S/C26H28ClN3O8S2/c1-29(2)39(32,33)21-11-7-20(8-12-21)37-15-14-28-26(31)25-17-30(23-16-18(27)4-13-24(23)38-25)40(34,35)22-9-5-19(36-3)6-10-22/h4-13,16,25H,14-15,17H2,1-3H3,(H,28,31). The minimum Gasteiger partial charge on any atom is -0.497 e. The Bertz CT molecular complexity index is 1580. The number of fused-ring (bicyclic) bond motifs is 1. The smallest absolute Gasteiger partial charge is 0.264 e. The van der Waals surface area contributed by atoms with Gasteiger partial charge in [0, 0.05) is 19.1 Å². The molecule has 3 aromatic carbocycles. The van der Waals surface area contributed by atoms with E-state index in [-0.39, 0.29) is 40.9 Å². The lowest BCUT2D eigenvalue weighted by molar-refractivity contribution is -0.127. The second-order valence-electron chi connectivity index (χ2n) is 8.83. The molecule has 0 aliphatic carbocycles. The highest BCUT2D eigenvalue weighted by molar-refractivity contribution is 7.92. The van der Waals surface area contributed by atoms with Crippen LogP contribution in [0.1, 0.15) is 0 Å². The SMILES string of the molecule is COc1ccc(S(=O)(=O)N2CC(C(=O)NCCOc3ccc(S(=O)(=O)N(C)C)cc3)Oc3ccc(Cl)cc32)cc1. The molecular formula is C26H28ClN3O8S2. The summed E-state index contributed by atoms with van der Waals surface area (Å²) in [7, 11) is -3.26. The minimum absolute atomic E-state index is 0.0121. The lowest BCUT2D eigenvalue weighted by atomic mass is 10.2. The maximum absolute atomic E-state index is 13.6. The van der Waals surface area contributed by atoms with Crippen LogP contribution in [0.2, 0.25) is 5.02 Å². The molecule has 1 heterocycles. The normalized spacial score (nSPS) is 15.2. The zero-order valence-corrected chi connectivity index (χ0v) is 24.3. The molecule has 1 unspecified atom stereocenters. The second-order valence-corrected chi connectivity index (χ2v) is 13.3. The Morgan fingerprint density at radius 1 is 1.00 bits per heavy atom. The number of rotatable bonds is 10. The number of hydrogen-bond acceptors (Lipinski definition) is 8. The van der Waals surface area contributed by atoms with Gasteiger partial charge in [0.05, 0.1) is 35.7 Å². The molecule has 40 heavy (non-hydrogen) atoms. The zero-order chi connectivity index (χ0) is 29.1. The van der Waals surface area contributed by atoms with Crippen LogP contribution in [0, 0.1) is 0 Å². The number of carbonyl (C=O) groups excluding carboxylic acids is 1. The van der Waals surface area contributed by atoms with Crippen molar-refractivity contribution in [2.75, 3.05) is 45.2 Å². The molecule has 1 aliphatic rings. The minimum atomic E-state index is -4.08. The molecule has 1 amide bonds. The Kier molecular flexibility index (Phi) is 8.78. The first-order chi connectivity index (χ1) is 18.9. The van der Waals surface area contributed by atoms with Gasteiger partial charge in [-0.2, -0.15) is 0 Å². The summed E-state index contributed by atoms with van der Waals surface area (Å²) in [6, 6.07) is 16.3. The number of benzene rings is 3.